The molecule has 1 heterocycles. The van der Waals surface area contributed by atoms with Crippen LogP contribution in [0, 0.1) is 0 Å². The molecular formula is C13H11BrClN3O2. The molecule has 0 aliphatic rings. The van der Waals surface area contributed by atoms with Crippen LogP contribution in [0.3, 0.4) is 0 Å². The Morgan fingerprint density at radius 2 is 1.95 bits per heavy atom. The summed E-state index contributed by atoms with van der Waals surface area (Å²) in [5, 5.41) is 5.67. The van der Waals surface area contributed by atoms with Gasteiger partial charge >= 0.3 is 6.03 Å². The molecule has 2 N–H and O–H groups in total. The van der Waals surface area contributed by atoms with Gasteiger partial charge in [-0.15, -0.1) is 0 Å². The molecule has 0 saturated heterocycles. The number of rotatable bonds is 3. The number of pyridine rings is 1. The van der Waals surface area contributed by atoms with E-state index in [1.807, 2.05) is 0 Å². The number of halogens is 2. The predicted molar refractivity (Wildman–Crippen MR) is 82.6 cm³/mol. The number of hydrogen-bond donors (Lipinski definition) is 2. The smallest absolute Gasteiger partial charge is 0.323 e. The average molecular weight is 357 g/mol. The van der Waals surface area contributed by atoms with Crippen molar-refractivity contribution >= 4 is 44.9 Å². The highest BCUT2D eigenvalue weighted by atomic mass is 79.9. The first-order valence-corrected chi connectivity index (χ1v) is 6.78. The molecule has 2 rings (SSSR count). The molecule has 0 atom stereocenters. The van der Waals surface area contributed by atoms with Crippen LogP contribution in [-0.4, -0.2) is 18.1 Å². The summed E-state index contributed by atoms with van der Waals surface area (Å²) in [6.07, 6.45) is 1.51. The molecule has 0 radical (unpaired) electrons. The number of carbonyl (C=O) groups excluding carboxylic acids is 1. The molecule has 5 nitrogen and oxygen atoms in total. The second-order valence-corrected chi connectivity index (χ2v) is 5.04. The van der Waals surface area contributed by atoms with Crippen LogP contribution in [0.5, 0.6) is 5.75 Å². The number of amides is 2. The average Bonchev–Trinajstić information content (AvgIpc) is 2.41. The van der Waals surface area contributed by atoms with Gasteiger partial charge in [-0.2, -0.15) is 0 Å². The summed E-state index contributed by atoms with van der Waals surface area (Å²) < 4.78 is 5.97. The van der Waals surface area contributed by atoms with Crippen molar-refractivity contribution in [1.82, 2.24) is 4.98 Å². The van der Waals surface area contributed by atoms with Gasteiger partial charge in [0.25, 0.3) is 0 Å². The summed E-state index contributed by atoms with van der Waals surface area (Å²) in [6, 6.07) is 8.08. The molecule has 0 aliphatic heterocycles. The summed E-state index contributed by atoms with van der Waals surface area (Å²) in [7, 11) is 1.56. The highest BCUT2D eigenvalue weighted by molar-refractivity contribution is 9.10. The predicted octanol–water partition coefficient (Wildman–Crippen LogP) is 4.15. The normalized spacial score (nSPS) is 9.95. The lowest BCUT2D eigenvalue weighted by atomic mass is 10.3. The Labute approximate surface area is 129 Å². The van der Waals surface area contributed by atoms with E-state index >= 15 is 0 Å². The van der Waals surface area contributed by atoms with E-state index in [1.165, 1.54) is 6.20 Å². The number of carbonyl (C=O) groups is 1. The number of aromatic nitrogens is 1. The zero-order valence-electron chi connectivity index (χ0n) is 10.5. The molecule has 1 aromatic carbocycles. The van der Waals surface area contributed by atoms with Gasteiger partial charge in [-0.3, -0.25) is 0 Å². The van der Waals surface area contributed by atoms with Crippen molar-refractivity contribution in [1.29, 1.82) is 0 Å². The van der Waals surface area contributed by atoms with E-state index in [1.54, 1.807) is 37.4 Å². The van der Waals surface area contributed by atoms with Gasteiger partial charge in [0, 0.05) is 23.6 Å². The molecule has 20 heavy (non-hydrogen) atoms. The van der Waals surface area contributed by atoms with E-state index in [4.69, 9.17) is 16.3 Å². The van der Waals surface area contributed by atoms with Crippen molar-refractivity contribution < 1.29 is 9.53 Å². The summed E-state index contributed by atoms with van der Waals surface area (Å²) in [5.41, 5.74) is 1.18. The third-order valence-corrected chi connectivity index (χ3v) is 3.26. The molecule has 2 amide bonds. The first-order chi connectivity index (χ1) is 9.58. The van der Waals surface area contributed by atoms with Crippen molar-refractivity contribution in [3.63, 3.8) is 0 Å². The van der Waals surface area contributed by atoms with E-state index in [0.717, 1.165) is 4.47 Å². The molecule has 0 bridgehead atoms. The van der Waals surface area contributed by atoms with Gasteiger partial charge in [-0.05, 0) is 40.2 Å². The van der Waals surface area contributed by atoms with E-state index in [-0.39, 0.29) is 6.03 Å². The number of urea groups is 1. The summed E-state index contributed by atoms with van der Waals surface area (Å²) in [5.74, 6) is 0.634. The Kier molecular flexibility index (Phi) is 4.81. The highest BCUT2D eigenvalue weighted by Gasteiger charge is 2.06. The van der Waals surface area contributed by atoms with Crippen LogP contribution in [0.15, 0.2) is 41.0 Å². The van der Waals surface area contributed by atoms with Crippen LogP contribution < -0.4 is 15.4 Å². The van der Waals surface area contributed by atoms with Gasteiger partial charge in [0.05, 0.1) is 11.6 Å². The van der Waals surface area contributed by atoms with Gasteiger partial charge in [0.15, 0.2) is 0 Å². The number of ether oxygens (including phenoxy) is 1. The van der Waals surface area contributed by atoms with Gasteiger partial charge < -0.3 is 15.4 Å². The maximum atomic E-state index is 11.8. The number of nitrogens with one attached hydrogen (secondary N) is 2. The quantitative estimate of drug-likeness (QED) is 0.812. The van der Waals surface area contributed by atoms with E-state index < -0.39 is 0 Å². The van der Waals surface area contributed by atoms with Crippen molar-refractivity contribution in [2.45, 2.75) is 0 Å². The van der Waals surface area contributed by atoms with Gasteiger partial charge in [0.2, 0.25) is 0 Å². The molecule has 104 valence electrons. The third kappa shape index (κ3) is 3.85. The number of anilines is 2. The molecule has 0 unspecified atom stereocenters. The maximum Gasteiger partial charge on any atom is 0.323 e. The van der Waals surface area contributed by atoms with Crippen LogP contribution in [0.1, 0.15) is 0 Å². The monoisotopic (exact) mass is 355 g/mol. The summed E-state index contributed by atoms with van der Waals surface area (Å²) in [4.78, 5) is 15.7. The number of hydrogen-bond acceptors (Lipinski definition) is 3. The SMILES string of the molecule is COc1cc(NC(=O)Nc2ccnc(Cl)c2)ccc1Br. The fourth-order valence-corrected chi connectivity index (χ4v) is 2.09. The number of methoxy groups -OCH3 is 1. The zero-order valence-corrected chi connectivity index (χ0v) is 12.8. The molecule has 7 heteroatoms. The van der Waals surface area contributed by atoms with E-state index in [9.17, 15) is 4.79 Å². The third-order valence-electron chi connectivity index (χ3n) is 2.39. The second-order valence-electron chi connectivity index (χ2n) is 3.80. The first kappa shape index (κ1) is 14.6. The van der Waals surface area contributed by atoms with Crippen LogP contribution in [0.4, 0.5) is 16.2 Å². The molecule has 0 aliphatic carbocycles. The fourth-order valence-electron chi connectivity index (χ4n) is 1.51. The van der Waals surface area contributed by atoms with Crippen molar-refractivity contribution in [3.05, 3.63) is 46.2 Å². The standard InChI is InChI=1S/C13H11BrClN3O2/c1-20-11-6-8(2-3-10(11)14)17-13(19)18-9-4-5-16-12(15)7-9/h2-7H,1H3,(H2,16,17,18,19). The first-order valence-electron chi connectivity index (χ1n) is 5.61. The molecule has 0 fully saturated rings. The van der Waals surface area contributed by atoms with Crippen LogP contribution in [0.2, 0.25) is 5.15 Å². The maximum absolute atomic E-state index is 11.8. The highest BCUT2D eigenvalue weighted by Crippen LogP contribution is 2.27. The van der Waals surface area contributed by atoms with E-state index in [0.29, 0.717) is 22.3 Å². The molecular weight excluding hydrogens is 346 g/mol. The van der Waals surface area contributed by atoms with Crippen LogP contribution in [-0.2, 0) is 0 Å². The van der Waals surface area contributed by atoms with Gasteiger partial charge in [-0.1, -0.05) is 11.6 Å². The Morgan fingerprint density at radius 3 is 2.60 bits per heavy atom. The number of benzene rings is 1. The Morgan fingerprint density at radius 1 is 1.25 bits per heavy atom. The van der Waals surface area contributed by atoms with Gasteiger partial charge in [-0.25, -0.2) is 9.78 Å². The van der Waals surface area contributed by atoms with Crippen LogP contribution in [0.25, 0.3) is 0 Å². The largest absolute Gasteiger partial charge is 0.495 e. The number of nitrogens with zero attached hydrogens (tertiary/aromatic N) is 1. The summed E-state index contributed by atoms with van der Waals surface area (Å²) in [6.45, 7) is 0. The topological polar surface area (TPSA) is 63.2 Å². The summed E-state index contributed by atoms with van der Waals surface area (Å²) >= 11 is 9.08. The zero-order chi connectivity index (χ0) is 14.5. The minimum Gasteiger partial charge on any atom is -0.495 e. The lowest BCUT2D eigenvalue weighted by Crippen LogP contribution is -2.19. The molecule has 1 aromatic heterocycles. The minimum absolute atomic E-state index is 0.313. The lowest BCUT2D eigenvalue weighted by molar-refractivity contribution is 0.262. The van der Waals surface area contributed by atoms with E-state index in [2.05, 4.69) is 31.5 Å². The Bertz CT molecular complexity index is 637. The lowest BCUT2D eigenvalue weighted by Gasteiger charge is -2.09. The van der Waals surface area contributed by atoms with Gasteiger partial charge in [0.1, 0.15) is 10.9 Å². The Hall–Kier alpha value is -1.79. The Balaban J connectivity index is 2.04. The fraction of sp³-hybridized carbons (Fsp3) is 0.0769. The molecule has 0 spiro atoms. The molecule has 0 saturated carbocycles. The van der Waals surface area contributed by atoms with Crippen molar-refractivity contribution in [3.8, 4) is 5.75 Å². The van der Waals surface area contributed by atoms with Crippen molar-refractivity contribution in [2.24, 2.45) is 0 Å². The second kappa shape index (κ2) is 6.58. The van der Waals surface area contributed by atoms with Crippen molar-refractivity contribution in [2.75, 3.05) is 17.7 Å². The van der Waals surface area contributed by atoms with Crippen LogP contribution >= 0.6 is 27.5 Å². The minimum atomic E-state index is -0.378. The molecule has 2 aromatic rings.